The van der Waals surface area contributed by atoms with Crippen LogP contribution in [-0.2, 0) is 57.2 Å². The number of alkyl halides is 10. The molecule has 10 N–H and O–H groups in total. The number of halogens is 10. The molecule has 0 aromatic rings. The lowest BCUT2D eigenvalue weighted by atomic mass is 9.44. The molecule has 702 valence electrons. The predicted octanol–water partition coefficient (Wildman–Crippen LogP) is 13.3. The molecule has 0 aromatic heterocycles. The fourth-order valence-corrected chi connectivity index (χ4v) is 31.2. The summed E-state index contributed by atoms with van der Waals surface area (Å²) < 4.78 is 161. The second-order valence-electron chi connectivity index (χ2n) is 47.8. The van der Waals surface area contributed by atoms with E-state index in [2.05, 4.69) is 0 Å². The number of rotatable bonds is 20. The van der Waals surface area contributed by atoms with E-state index >= 15 is 0 Å². The molecule has 0 saturated heterocycles. The van der Waals surface area contributed by atoms with Gasteiger partial charge in [-0.25, -0.2) is 37.1 Å². The van der Waals surface area contributed by atoms with E-state index in [1.54, 1.807) is 0 Å². The quantitative estimate of drug-likeness (QED) is 0.0307. The number of carbonyl (C=O) groups excluding carboxylic acids is 6. The fourth-order valence-electron chi connectivity index (χ4n) is 31.2. The van der Waals surface area contributed by atoms with E-state index in [9.17, 15) is 124 Å². The summed E-state index contributed by atoms with van der Waals surface area (Å²) in [6.07, 6.45) is 21.6. The molecule has 24 bridgehead atoms. The molecule has 0 radical (unpaired) electrons. The highest BCUT2D eigenvalue weighted by molar-refractivity contribution is 5.80. The van der Waals surface area contributed by atoms with Gasteiger partial charge in [0.2, 0.25) is 17.0 Å². The molecule has 12 unspecified atom stereocenters. The molecule has 32 heteroatoms. The fraction of sp³-hybridized carbons (Fsp3) is 0.934. The Morgan fingerprint density at radius 3 is 0.602 bits per heavy atom. The Morgan fingerprint density at radius 2 is 0.423 bits per heavy atom. The van der Waals surface area contributed by atoms with Crippen LogP contribution in [0.4, 0.5) is 43.9 Å². The van der Waals surface area contributed by atoms with Crippen molar-refractivity contribution in [3.8, 4) is 0 Å². The summed E-state index contributed by atoms with van der Waals surface area (Å²) in [7, 11) is 0. The zero-order chi connectivity index (χ0) is 90.9. The first kappa shape index (κ1) is 96.3. The minimum atomic E-state index is -4.68. The third kappa shape index (κ3) is 20.9. The molecular formula is C91H136F10O22. The van der Waals surface area contributed by atoms with E-state index in [-0.39, 0.29) is 102 Å². The van der Waals surface area contributed by atoms with Gasteiger partial charge in [0.15, 0.2) is 5.41 Å². The van der Waals surface area contributed by atoms with Crippen LogP contribution >= 0.6 is 0 Å². The van der Waals surface area contributed by atoms with Crippen LogP contribution < -0.4 is 0 Å². The first-order valence-corrected chi connectivity index (χ1v) is 44.8. The van der Waals surface area contributed by atoms with Gasteiger partial charge in [-0.2, -0.15) is 30.7 Å². The van der Waals surface area contributed by atoms with Gasteiger partial charge in [-0.1, -0.05) is 0 Å². The van der Waals surface area contributed by atoms with Gasteiger partial charge >= 0.3 is 53.8 Å². The van der Waals surface area contributed by atoms with Gasteiger partial charge in [0.25, 0.3) is 0 Å². The highest BCUT2D eigenvalue weighted by atomic mass is 19.4. The molecule has 0 amide bonds. The lowest BCUT2D eigenvalue weighted by molar-refractivity contribution is -0.249. The monoisotopic (exact) mass is 1770 g/mol. The minimum Gasteiger partial charge on any atom is -0.464 e. The van der Waals surface area contributed by atoms with Crippen molar-refractivity contribution in [1.82, 2.24) is 0 Å². The maximum Gasteiger partial charge on any atom is 0.404 e. The summed E-state index contributed by atoms with van der Waals surface area (Å²) in [5.41, 5.74) is -17.8. The molecule has 0 aliphatic heterocycles. The second-order valence-corrected chi connectivity index (χ2v) is 47.8. The van der Waals surface area contributed by atoms with E-state index in [4.69, 9.17) is 28.4 Å². The third-order valence-corrected chi connectivity index (χ3v) is 32.2. The molecule has 123 heavy (non-hydrogen) atoms. The van der Waals surface area contributed by atoms with E-state index in [0.29, 0.717) is 153 Å². The van der Waals surface area contributed by atoms with Gasteiger partial charge in [0.05, 0.1) is 84.4 Å². The molecule has 24 aliphatic rings. The second kappa shape index (κ2) is 31.5. The third-order valence-electron chi connectivity index (χ3n) is 32.2. The van der Waals surface area contributed by atoms with Crippen LogP contribution in [-0.4, -0.2) is 220 Å². The van der Waals surface area contributed by atoms with Crippen LogP contribution in [0.2, 0.25) is 0 Å². The maximum absolute atomic E-state index is 13.6. The number of carbonyl (C=O) groups is 6. The summed E-state index contributed by atoms with van der Waals surface area (Å²) >= 11 is 0. The number of hydrogen-bond acceptors (Lipinski definition) is 22. The van der Waals surface area contributed by atoms with Crippen LogP contribution in [0.3, 0.4) is 0 Å². The Hall–Kier alpha value is -4.28. The highest BCUT2D eigenvalue weighted by Crippen LogP contribution is 2.70. The topological polar surface area (TPSA) is 360 Å². The molecular weight excluding hydrogens is 1630 g/mol. The van der Waals surface area contributed by atoms with Gasteiger partial charge in [0, 0.05) is 85.2 Å². The Labute approximate surface area is 714 Å². The van der Waals surface area contributed by atoms with Crippen LogP contribution in [0, 0.1) is 96.1 Å². The van der Waals surface area contributed by atoms with Crippen molar-refractivity contribution in [3.05, 3.63) is 0 Å². The van der Waals surface area contributed by atoms with Gasteiger partial charge < -0.3 is 79.5 Å². The summed E-state index contributed by atoms with van der Waals surface area (Å²) in [5.74, 6) is -10.4. The molecule has 12 atom stereocenters. The normalized spacial score (nSPS) is 44.6. The van der Waals surface area contributed by atoms with Gasteiger partial charge in [-0.3, -0.25) is 4.79 Å². The van der Waals surface area contributed by atoms with Crippen molar-refractivity contribution in [1.29, 1.82) is 0 Å². The van der Waals surface area contributed by atoms with Gasteiger partial charge in [-0.15, -0.1) is 0 Å². The molecule has 24 saturated carbocycles. The van der Waals surface area contributed by atoms with Crippen molar-refractivity contribution in [2.75, 3.05) is 52.9 Å². The van der Waals surface area contributed by atoms with Crippen molar-refractivity contribution >= 4 is 35.8 Å². The number of aliphatic hydroxyl groups is 10. The zero-order valence-corrected chi connectivity index (χ0v) is 73.4. The van der Waals surface area contributed by atoms with Crippen molar-refractivity contribution in [3.63, 3.8) is 0 Å². The van der Waals surface area contributed by atoms with Crippen LogP contribution in [0.25, 0.3) is 0 Å². The average molecular weight is 1770 g/mol. The summed E-state index contributed by atoms with van der Waals surface area (Å²) in [4.78, 5) is 69.3. The maximum atomic E-state index is 13.6. The zero-order valence-electron chi connectivity index (χ0n) is 73.4. The van der Waals surface area contributed by atoms with E-state index < -0.39 is 132 Å². The lowest BCUT2D eigenvalue weighted by Crippen LogP contribution is -2.64. The Morgan fingerprint density at radius 1 is 0.244 bits per heavy atom. The lowest BCUT2D eigenvalue weighted by Gasteiger charge is -2.63. The van der Waals surface area contributed by atoms with E-state index in [0.717, 1.165) is 123 Å². The molecule has 24 aliphatic carbocycles. The molecule has 24 fully saturated rings. The summed E-state index contributed by atoms with van der Waals surface area (Å²) in [6.45, 7) is 10.6. The van der Waals surface area contributed by atoms with Crippen LogP contribution in [0.5, 0.6) is 0 Å². The first-order chi connectivity index (χ1) is 55.9. The van der Waals surface area contributed by atoms with Gasteiger partial charge in [-0.05, 0) is 319 Å². The molecule has 22 nitrogen and oxygen atoms in total. The van der Waals surface area contributed by atoms with Gasteiger partial charge in [0.1, 0.15) is 0 Å². The van der Waals surface area contributed by atoms with Crippen molar-refractivity contribution in [2.24, 2.45) is 96.1 Å². The first-order valence-electron chi connectivity index (χ1n) is 44.8. The van der Waals surface area contributed by atoms with E-state index in [1.807, 2.05) is 0 Å². The molecule has 0 heterocycles. The predicted molar refractivity (Wildman–Crippen MR) is 420 cm³/mol. The number of ether oxygens (including phenoxy) is 6. The Kier molecular flexibility index (Phi) is 24.6. The number of esters is 6. The van der Waals surface area contributed by atoms with Crippen molar-refractivity contribution < 1.29 is 152 Å². The number of hydrogen-bond donors (Lipinski definition) is 10. The number of aliphatic hydroxyl groups excluding tert-OH is 2. The molecule has 24 rings (SSSR count). The largest absolute Gasteiger partial charge is 0.464 e. The molecule has 0 aromatic carbocycles. The standard InChI is InChI=1S/C16H23F3O4.C16H25FO3.C15H22F2O3.2C15H23FO4.C14H20F2O4/c1-12(2,16(17,18)19)11(20)23-9-13-3-10-4-14(21,6-13)8-15(22,5-10)7-13;1-14(2,17)13(19)20-10-16-6-11-3-12(7-16)5-15(4-11,8-16)9-18;1-13(16,17)12(19)20-9-15-5-10-2-11(6-15)4-14(3-10,7-15)8-18;2*1-12(2,16)11(17)20-9-13-3-10-4-14(18,6-13)8-15(19,5-10)7-13;1-11(15,16)10(17)20-8-12-2-9-3-13(18,5-12)7-14(19,4-9)6-12/h10,21-22H,3-9H2,1-2H3;11-12,18H,3-10H2,1-2H3;10-11,18H,2-9H2,1H3;2*10,18-19H,3-9H2,1-2H3;9,18-19H,2-8H2,1H3. The highest BCUT2D eigenvalue weighted by Gasteiger charge is 2.69. The minimum absolute atomic E-state index is 0.00623. The average Bonchev–Trinajstić information content (AvgIpc) is 0.727. The summed E-state index contributed by atoms with van der Waals surface area (Å²) in [5, 5.41) is 104. The van der Waals surface area contributed by atoms with Crippen LogP contribution in [0.1, 0.15) is 300 Å². The summed E-state index contributed by atoms with van der Waals surface area (Å²) in [6, 6.07) is 0. The van der Waals surface area contributed by atoms with Crippen LogP contribution in [0.15, 0.2) is 0 Å². The Bertz CT molecular complexity index is 3590. The SMILES string of the molecule is CC(C)(C(=O)OCC12CC3CC(O)(CC(O)(C3)C1)C2)C(F)(F)F.CC(C)(F)C(=O)OCC12CC3CC(CC(CO)(C3)C1)C2.CC(C)(F)C(=O)OCC12CC3CC(O)(CC(O)(C3)C1)C2.CC(C)(F)C(=O)OCC12CC3CC(O)(CC(O)(C3)C1)C2.CC(F)(F)C(=O)OCC12CC3CC(CC(CO)(C3)C1)C2.CC(F)(F)C(=O)OCC12CC3CC(O)(CC(O)(C3)C1)C2. The van der Waals surface area contributed by atoms with E-state index in [1.165, 1.54) is 54.4 Å². The van der Waals surface area contributed by atoms with Crippen molar-refractivity contribution in [2.45, 2.75) is 380 Å². The molecule has 0 spiro atoms. The Balaban J connectivity index is 0.000000127. The smallest absolute Gasteiger partial charge is 0.404 e.